The molecular weight excluding hydrogens is 341 g/mol. The normalized spacial score (nSPS) is 10.7. The van der Waals surface area contributed by atoms with Crippen molar-refractivity contribution in [1.82, 2.24) is 9.78 Å². The van der Waals surface area contributed by atoms with Crippen molar-refractivity contribution in [3.05, 3.63) is 81.9 Å². The topological polar surface area (TPSA) is 46.9 Å². The SMILES string of the molecule is Cc1nn(Cc2ccccc2Cl)c(C)c1NC(=O)c1cccc(F)c1. The Labute approximate surface area is 150 Å². The molecule has 1 aromatic heterocycles. The third-order valence-electron chi connectivity index (χ3n) is 3.98. The van der Waals surface area contributed by atoms with Crippen LogP contribution in [0.1, 0.15) is 27.3 Å². The fourth-order valence-electron chi connectivity index (χ4n) is 2.64. The molecule has 0 saturated heterocycles. The molecule has 0 unspecified atom stereocenters. The molecule has 0 aliphatic heterocycles. The van der Waals surface area contributed by atoms with Gasteiger partial charge < -0.3 is 5.32 Å². The zero-order valence-electron chi connectivity index (χ0n) is 13.9. The van der Waals surface area contributed by atoms with Gasteiger partial charge in [0.15, 0.2) is 0 Å². The second kappa shape index (κ2) is 7.07. The molecule has 0 bridgehead atoms. The number of aryl methyl sites for hydroxylation is 1. The van der Waals surface area contributed by atoms with E-state index in [1.165, 1.54) is 18.2 Å². The van der Waals surface area contributed by atoms with Crippen molar-refractivity contribution in [3.8, 4) is 0 Å². The Morgan fingerprint density at radius 2 is 1.96 bits per heavy atom. The number of hydrogen-bond donors (Lipinski definition) is 1. The van der Waals surface area contributed by atoms with E-state index >= 15 is 0 Å². The van der Waals surface area contributed by atoms with Crippen LogP contribution in [0.3, 0.4) is 0 Å². The number of nitrogens with zero attached hydrogens (tertiary/aromatic N) is 2. The molecule has 0 atom stereocenters. The summed E-state index contributed by atoms with van der Waals surface area (Å²) in [5.41, 5.74) is 3.33. The van der Waals surface area contributed by atoms with Crippen LogP contribution >= 0.6 is 11.6 Å². The summed E-state index contributed by atoms with van der Waals surface area (Å²) in [6.45, 7) is 4.19. The number of halogens is 2. The summed E-state index contributed by atoms with van der Waals surface area (Å²) in [6.07, 6.45) is 0. The van der Waals surface area contributed by atoms with Gasteiger partial charge in [0.25, 0.3) is 5.91 Å². The quantitative estimate of drug-likeness (QED) is 0.742. The fraction of sp³-hybridized carbons (Fsp3) is 0.158. The highest BCUT2D eigenvalue weighted by molar-refractivity contribution is 6.31. The van der Waals surface area contributed by atoms with Crippen molar-refractivity contribution in [2.45, 2.75) is 20.4 Å². The van der Waals surface area contributed by atoms with Gasteiger partial charge in [-0.05, 0) is 43.7 Å². The molecule has 0 radical (unpaired) electrons. The lowest BCUT2D eigenvalue weighted by molar-refractivity contribution is 0.102. The Morgan fingerprint density at radius 1 is 1.20 bits per heavy atom. The predicted octanol–water partition coefficient (Wildman–Crippen LogP) is 4.59. The number of nitrogens with one attached hydrogen (secondary N) is 1. The molecule has 1 N–H and O–H groups in total. The molecular formula is C19H17ClFN3O. The number of hydrogen-bond acceptors (Lipinski definition) is 2. The average molecular weight is 358 g/mol. The van der Waals surface area contributed by atoms with Crippen LogP contribution in [-0.2, 0) is 6.54 Å². The largest absolute Gasteiger partial charge is 0.319 e. The van der Waals surface area contributed by atoms with Crippen molar-refractivity contribution in [3.63, 3.8) is 0 Å². The van der Waals surface area contributed by atoms with Crippen molar-refractivity contribution >= 4 is 23.2 Å². The average Bonchev–Trinajstić information content (AvgIpc) is 2.84. The molecule has 0 fully saturated rings. The minimum absolute atomic E-state index is 0.262. The monoisotopic (exact) mass is 357 g/mol. The minimum atomic E-state index is -0.449. The molecule has 0 spiro atoms. The fourth-order valence-corrected chi connectivity index (χ4v) is 2.83. The zero-order valence-corrected chi connectivity index (χ0v) is 14.6. The van der Waals surface area contributed by atoms with E-state index < -0.39 is 5.82 Å². The van der Waals surface area contributed by atoms with Crippen LogP contribution in [0.5, 0.6) is 0 Å². The van der Waals surface area contributed by atoms with Gasteiger partial charge in [0.05, 0.1) is 23.6 Å². The highest BCUT2D eigenvalue weighted by Crippen LogP contribution is 2.23. The molecule has 2 aromatic carbocycles. The van der Waals surface area contributed by atoms with Crippen molar-refractivity contribution < 1.29 is 9.18 Å². The molecule has 4 nitrogen and oxygen atoms in total. The number of carbonyl (C=O) groups is 1. The molecule has 3 aromatic rings. The number of amides is 1. The van der Waals surface area contributed by atoms with Gasteiger partial charge >= 0.3 is 0 Å². The number of carbonyl (C=O) groups excluding carboxylic acids is 1. The molecule has 0 aliphatic carbocycles. The van der Waals surface area contributed by atoms with Gasteiger partial charge in [-0.15, -0.1) is 0 Å². The number of aromatic nitrogens is 2. The van der Waals surface area contributed by atoms with Gasteiger partial charge in [-0.3, -0.25) is 9.48 Å². The predicted molar refractivity (Wildman–Crippen MR) is 96.6 cm³/mol. The number of rotatable bonds is 4. The Bertz CT molecular complexity index is 936. The van der Waals surface area contributed by atoms with Crippen molar-refractivity contribution in [2.24, 2.45) is 0 Å². The molecule has 25 heavy (non-hydrogen) atoms. The molecule has 6 heteroatoms. The third kappa shape index (κ3) is 3.72. The molecule has 0 aliphatic rings. The van der Waals surface area contributed by atoms with E-state index in [-0.39, 0.29) is 11.5 Å². The number of anilines is 1. The molecule has 1 amide bonds. The molecule has 128 valence electrons. The van der Waals surface area contributed by atoms with Gasteiger partial charge in [-0.25, -0.2) is 4.39 Å². The first kappa shape index (κ1) is 17.2. The summed E-state index contributed by atoms with van der Waals surface area (Å²) < 4.78 is 15.1. The lowest BCUT2D eigenvalue weighted by Gasteiger charge is -2.08. The van der Waals surface area contributed by atoms with E-state index in [9.17, 15) is 9.18 Å². The van der Waals surface area contributed by atoms with Crippen LogP contribution in [-0.4, -0.2) is 15.7 Å². The van der Waals surface area contributed by atoms with Gasteiger partial charge in [0.1, 0.15) is 5.82 Å². The first-order valence-corrected chi connectivity index (χ1v) is 8.18. The van der Waals surface area contributed by atoms with Crippen LogP contribution in [0.15, 0.2) is 48.5 Å². The van der Waals surface area contributed by atoms with E-state index in [0.29, 0.717) is 22.9 Å². The van der Waals surface area contributed by atoms with Crippen LogP contribution < -0.4 is 5.32 Å². The second-order valence-corrected chi connectivity index (χ2v) is 6.17. The van der Waals surface area contributed by atoms with Gasteiger partial charge in [-0.1, -0.05) is 35.9 Å². The van der Waals surface area contributed by atoms with Crippen molar-refractivity contribution in [1.29, 1.82) is 0 Å². The Hall–Kier alpha value is -2.66. The van der Waals surface area contributed by atoms with Crippen LogP contribution in [0.4, 0.5) is 10.1 Å². The smallest absolute Gasteiger partial charge is 0.255 e. The summed E-state index contributed by atoms with van der Waals surface area (Å²) in [7, 11) is 0. The van der Waals surface area contributed by atoms with E-state index in [1.807, 2.05) is 38.1 Å². The van der Waals surface area contributed by atoms with E-state index in [2.05, 4.69) is 10.4 Å². The lowest BCUT2D eigenvalue weighted by Crippen LogP contribution is -2.13. The zero-order chi connectivity index (χ0) is 18.0. The maximum absolute atomic E-state index is 13.3. The van der Waals surface area contributed by atoms with E-state index in [0.717, 1.165) is 11.3 Å². The van der Waals surface area contributed by atoms with Crippen LogP contribution in [0.2, 0.25) is 5.02 Å². The summed E-state index contributed by atoms with van der Waals surface area (Å²) in [4.78, 5) is 12.4. The van der Waals surface area contributed by atoms with Gasteiger partial charge in [-0.2, -0.15) is 5.10 Å². The first-order chi connectivity index (χ1) is 12.0. The molecule has 3 rings (SSSR count). The summed E-state index contributed by atoms with van der Waals surface area (Å²) >= 11 is 6.21. The Kier molecular flexibility index (Phi) is 4.86. The molecule has 1 heterocycles. The van der Waals surface area contributed by atoms with Gasteiger partial charge in [0, 0.05) is 10.6 Å². The Morgan fingerprint density at radius 3 is 2.68 bits per heavy atom. The maximum Gasteiger partial charge on any atom is 0.255 e. The second-order valence-electron chi connectivity index (χ2n) is 5.76. The minimum Gasteiger partial charge on any atom is -0.319 e. The summed E-state index contributed by atoms with van der Waals surface area (Å²) in [6, 6.07) is 13.1. The summed E-state index contributed by atoms with van der Waals surface area (Å²) in [5, 5.41) is 7.97. The van der Waals surface area contributed by atoms with Crippen LogP contribution in [0, 0.1) is 19.7 Å². The van der Waals surface area contributed by atoms with E-state index in [4.69, 9.17) is 11.6 Å². The van der Waals surface area contributed by atoms with Crippen molar-refractivity contribution in [2.75, 3.05) is 5.32 Å². The van der Waals surface area contributed by atoms with Crippen LogP contribution in [0.25, 0.3) is 0 Å². The third-order valence-corrected chi connectivity index (χ3v) is 4.35. The molecule has 0 saturated carbocycles. The lowest BCUT2D eigenvalue weighted by atomic mass is 10.2. The summed E-state index contributed by atoms with van der Waals surface area (Å²) in [5.74, 6) is -0.821. The highest BCUT2D eigenvalue weighted by atomic mass is 35.5. The maximum atomic E-state index is 13.3. The first-order valence-electron chi connectivity index (χ1n) is 7.80. The Balaban J connectivity index is 1.85. The highest BCUT2D eigenvalue weighted by Gasteiger charge is 2.16. The number of benzene rings is 2. The van der Waals surface area contributed by atoms with Gasteiger partial charge in [0.2, 0.25) is 0 Å². The van der Waals surface area contributed by atoms with E-state index in [1.54, 1.807) is 10.7 Å². The standard InChI is InChI=1S/C19H17ClFN3O/c1-12-18(22-19(25)14-7-5-8-16(21)10-14)13(2)24(23-12)11-15-6-3-4-9-17(15)20/h3-10H,11H2,1-2H3,(H,22,25).